The molecule has 0 saturated heterocycles. The molecule has 0 aromatic carbocycles. The number of nitrogens with one attached hydrogen (secondary N) is 1. The van der Waals surface area contributed by atoms with E-state index < -0.39 is 0 Å². The Bertz CT molecular complexity index is 532. The first-order chi connectivity index (χ1) is 9.08. The average molecular weight is 274 g/mol. The van der Waals surface area contributed by atoms with Gasteiger partial charge in [-0.3, -0.25) is 4.99 Å². The van der Waals surface area contributed by atoms with E-state index >= 15 is 0 Å². The molecule has 0 unspecified atom stereocenters. The van der Waals surface area contributed by atoms with Crippen LogP contribution < -0.4 is 11.1 Å². The van der Waals surface area contributed by atoms with Crippen molar-refractivity contribution in [1.29, 1.82) is 0 Å². The van der Waals surface area contributed by atoms with Gasteiger partial charge >= 0.3 is 0 Å². The second-order valence-corrected chi connectivity index (χ2v) is 5.85. The van der Waals surface area contributed by atoms with E-state index in [9.17, 15) is 0 Å². The highest BCUT2D eigenvalue weighted by Gasteiger charge is 2.21. The maximum atomic E-state index is 5.87. The van der Waals surface area contributed by atoms with Crippen LogP contribution in [-0.4, -0.2) is 17.5 Å². The molecule has 2 rings (SSSR count). The van der Waals surface area contributed by atoms with E-state index in [2.05, 4.69) is 46.7 Å². The fourth-order valence-corrected chi connectivity index (χ4v) is 2.48. The second kappa shape index (κ2) is 5.84. The fourth-order valence-electron chi connectivity index (χ4n) is 1.63. The van der Waals surface area contributed by atoms with E-state index in [1.54, 1.807) is 17.5 Å². The highest BCUT2D eigenvalue weighted by atomic mass is 32.1. The van der Waals surface area contributed by atoms with E-state index in [0.29, 0.717) is 18.3 Å². The molecule has 0 spiro atoms. The topological polar surface area (TPSA) is 63.3 Å². The van der Waals surface area contributed by atoms with Gasteiger partial charge in [-0.15, -0.1) is 11.3 Å². The molecule has 3 N–H and O–H groups in total. The maximum Gasteiger partial charge on any atom is 0.194 e. The minimum Gasteiger partial charge on any atom is -0.370 e. The average Bonchev–Trinajstić information content (AvgIpc) is 2.92. The Morgan fingerprint density at radius 2 is 2.21 bits per heavy atom. The zero-order chi connectivity index (χ0) is 13.7. The Labute approximate surface area is 117 Å². The summed E-state index contributed by atoms with van der Waals surface area (Å²) >= 11 is 1.74. The Morgan fingerprint density at radius 3 is 2.84 bits per heavy atom. The lowest BCUT2D eigenvalue weighted by atomic mass is 9.92. The molecule has 0 bridgehead atoms. The lowest BCUT2D eigenvalue weighted by Crippen LogP contribution is -2.27. The summed E-state index contributed by atoms with van der Waals surface area (Å²) in [7, 11) is 0. The van der Waals surface area contributed by atoms with Crippen molar-refractivity contribution < 1.29 is 0 Å². The molecule has 0 atom stereocenters. The summed E-state index contributed by atoms with van der Waals surface area (Å²) in [5.74, 6) is 1.10. The first-order valence-corrected chi connectivity index (χ1v) is 6.98. The van der Waals surface area contributed by atoms with Crippen LogP contribution in [0.1, 0.15) is 18.7 Å². The number of nitrogens with two attached hydrogens (primary N) is 1. The monoisotopic (exact) mass is 274 g/mol. The molecule has 2 aromatic rings. The largest absolute Gasteiger partial charge is 0.370 e. The number of pyridine rings is 1. The molecule has 5 heteroatoms. The Morgan fingerprint density at radius 1 is 1.37 bits per heavy atom. The van der Waals surface area contributed by atoms with Gasteiger partial charge in [0.15, 0.2) is 5.96 Å². The lowest BCUT2D eigenvalue weighted by molar-refractivity contribution is 0.551. The summed E-state index contributed by atoms with van der Waals surface area (Å²) in [6, 6.07) is 9.80. The van der Waals surface area contributed by atoms with Crippen molar-refractivity contribution in [2.45, 2.75) is 19.3 Å². The van der Waals surface area contributed by atoms with Crippen molar-refractivity contribution >= 4 is 23.1 Å². The van der Waals surface area contributed by atoms with Crippen LogP contribution in [0.25, 0.3) is 0 Å². The molecule has 0 aliphatic heterocycles. The summed E-state index contributed by atoms with van der Waals surface area (Å²) in [5.41, 5.74) is 5.86. The highest BCUT2D eigenvalue weighted by molar-refractivity contribution is 7.10. The third-order valence-corrected chi connectivity index (χ3v) is 3.99. The van der Waals surface area contributed by atoms with Gasteiger partial charge in [-0.05, 0) is 23.6 Å². The SMILES string of the molecule is CC(C)(CN=C(N)Nc1ccccn1)c1cccs1. The van der Waals surface area contributed by atoms with Gasteiger partial charge in [0.1, 0.15) is 5.82 Å². The molecule has 100 valence electrons. The van der Waals surface area contributed by atoms with Crippen LogP contribution in [0.5, 0.6) is 0 Å². The van der Waals surface area contributed by atoms with Crippen molar-refractivity contribution in [3.05, 3.63) is 46.8 Å². The number of rotatable bonds is 4. The minimum absolute atomic E-state index is 0.00934. The van der Waals surface area contributed by atoms with Gasteiger partial charge in [0.2, 0.25) is 0 Å². The molecule has 2 heterocycles. The zero-order valence-electron chi connectivity index (χ0n) is 11.1. The smallest absolute Gasteiger partial charge is 0.194 e. The first kappa shape index (κ1) is 13.5. The number of hydrogen-bond acceptors (Lipinski definition) is 3. The van der Waals surface area contributed by atoms with E-state index in [1.807, 2.05) is 18.2 Å². The minimum atomic E-state index is -0.00934. The van der Waals surface area contributed by atoms with Crippen LogP contribution in [0.15, 0.2) is 46.9 Å². The summed E-state index contributed by atoms with van der Waals surface area (Å²) in [4.78, 5) is 9.85. The predicted molar refractivity (Wildman–Crippen MR) is 81.7 cm³/mol. The van der Waals surface area contributed by atoms with Crippen LogP contribution in [0.3, 0.4) is 0 Å². The molecule has 4 nitrogen and oxygen atoms in total. The standard InChI is InChI=1S/C14H18N4S/c1-14(2,11-6-5-9-19-11)10-17-13(15)18-12-7-3-4-8-16-12/h3-9H,10H2,1-2H3,(H3,15,16,17,18). The van der Waals surface area contributed by atoms with Crippen molar-refractivity contribution in [2.24, 2.45) is 10.7 Å². The highest BCUT2D eigenvalue weighted by Crippen LogP contribution is 2.27. The first-order valence-electron chi connectivity index (χ1n) is 6.10. The number of anilines is 1. The molecule has 19 heavy (non-hydrogen) atoms. The summed E-state index contributed by atoms with van der Waals surface area (Å²) < 4.78 is 0. The van der Waals surface area contributed by atoms with E-state index in [1.165, 1.54) is 4.88 Å². The van der Waals surface area contributed by atoms with Gasteiger partial charge in [0.05, 0.1) is 6.54 Å². The van der Waals surface area contributed by atoms with Gasteiger partial charge < -0.3 is 11.1 Å². The maximum absolute atomic E-state index is 5.87. The van der Waals surface area contributed by atoms with Gasteiger partial charge in [0, 0.05) is 16.5 Å². The quantitative estimate of drug-likeness (QED) is 0.665. The van der Waals surface area contributed by atoms with E-state index in [0.717, 1.165) is 0 Å². The molecule has 2 aromatic heterocycles. The van der Waals surface area contributed by atoms with Crippen LogP contribution >= 0.6 is 11.3 Å². The van der Waals surface area contributed by atoms with Crippen molar-refractivity contribution in [2.75, 3.05) is 11.9 Å². The molecular weight excluding hydrogens is 256 g/mol. The van der Waals surface area contributed by atoms with Crippen LogP contribution in [0, 0.1) is 0 Å². The number of aliphatic imine (C=N–C) groups is 1. The van der Waals surface area contributed by atoms with Crippen LogP contribution in [0.4, 0.5) is 5.82 Å². The fraction of sp³-hybridized carbons (Fsp3) is 0.286. The molecule has 0 fully saturated rings. The Hall–Kier alpha value is -1.88. The van der Waals surface area contributed by atoms with E-state index in [-0.39, 0.29) is 5.41 Å². The molecule has 0 amide bonds. The normalized spacial score (nSPS) is 12.4. The van der Waals surface area contributed by atoms with Gasteiger partial charge in [-0.2, -0.15) is 0 Å². The second-order valence-electron chi connectivity index (χ2n) is 4.90. The van der Waals surface area contributed by atoms with Crippen LogP contribution in [-0.2, 0) is 5.41 Å². The number of thiophene rings is 1. The zero-order valence-corrected chi connectivity index (χ0v) is 11.9. The Kier molecular flexibility index (Phi) is 4.16. The van der Waals surface area contributed by atoms with E-state index in [4.69, 9.17) is 5.73 Å². The van der Waals surface area contributed by atoms with Gasteiger partial charge in [0.25, 0.3) is 0 Å². The summed E-state index contributed by atoms with van der Waals surface area (Å²) in [6.45, 7) is 4.96. The molecular formula is C14H18N4S. The predicted octanol–water partition coefficient (Wildman–Crippen LogP) is 2.85. The van der Waals surface area contributed by atoms with Crippen LogP contribution in [0.2, 0.25) is 0 Å². The number of aromatic nitrogens is 1. The van der Waals surface area contributed by atoms with Crippen molar-refractivity contribution in [1.82, 2.24) is 4.98 Å². The summed E-state index contributed by atoms with van der Waals surface area (Å²) in [6.07, 6.45) is 1.71. The lowest BCUT2D eigenvalue weighted by Gasteiger charge is -2.20. The number of hydrogen-bond donors (Lipinski definition) is 2. The molecule has 0 aliphatic carbocycles. The number of guanidine groups is 1. The molecule has 0 saturated carbocycles. The van der Waals surface area contributed by atoms with Crippen molar-refractivity contribution in [3.8, 4) is 0 Å². The molecule has 0 aliphatic rings. The third kappa shape index (κ3) is 3.79. The summed E-state index contributed by atoms with van der Waals surface area (Å²) in [5, 5.41) is 5.06. The number of nitrogens with zero attached hydrogens (tertiary/aromatic N) is 2. The Balaban J connectivity index is 1.98. The van der Waals surface area contributed by atoms with Crippen molar-refractivity contribution in [3.63, 3.8) is 0 Å². The third-order valence-electron chi connectivity index (χ3n) is 2.75. The molecule has 0 radical (unpaired) electrons. The van der Waals surface area contributed by atoms with Gasteiger partial charge in [-0.1, -0.05) is 26.0 Å². The van der Waals surface area contributed by atoms with Gasteiger partial charge in [-0.25, -0.2) is 4.98 Å².